The Labute approximate surface area is 99.2 Å². The van der Waals surface area contributed by atoms with E-state index in [2.05, 4.69) is 19.9 Å². The van der Waals surface area contributed by atoms with Crippen molar-refractivity contribution in [3.63, 3.8) is 0 Å². The van der Waals surface area contributed by atoms with E-state index < -0.39 is 0 Å². The zero-order valence-corrected chi connectivity index (χ0v) is 10.6. The predicted molar refractivity (Wildman–Crippen MR) is 64.6 cm³/mol. The third kappa shape index (κ3) is 1.67. The average molecular weight is 217 g/mol. The third-order valence-electron chi connectivity index (χ3n) is 5.28. The Morgan fingerprint density at radius 3 is 1.88 bits per heavy atom. The van der Waals surface area contributed by atoms with Crippen molar-refractivity contribution in [1.29, 1.82) is 5.26 Å². The SMILES string of the molecule is CC(C)(C#N)CC12CC3CC(CC(C3)C1)C2. The minimum atomic E-state index is -0.105. The van der Waals surface area contributed by atoms with Crippen LogP contribution in [0.1, 0.15) is 58.8 Å². The molecule has 0 radical (unpaired) electrons. The molecule has 1 nitrogen and oxygen atoms in total. The molecule has 0 heterocycles. The van der Waals surface area contributed by atoms with E-state index in [1.165, 1.54) is 38.5 Å². The van der Waals surface area contributed by atoms with Gasteiger partial charge in [0, 0.05) is 0 Å². The molecular weight excluding hydrogens is 194 g/mol. The van der Waals surface area contributed by atoms with Crippen molar-refractivity contribution in [2.75, 3.05) is 0 Å². The van der Waals surface area contributed by atoms with Crippen LogP contribution in [0.25, 0.3) is 0 Å². The van der Waals surface area contributed by atoms with Gasteiger partial charge in [0.25, 0.3) is 0 Å². The lowest BCUT2D eigenvalue weighted by Crippen LogP contribution is -2.47. The fraction of sp³-hybridized carbons (Fsp3) is 0.933. The van der Waals surface area contributed by atoms with Gasteiger partial charge < -0.3 is 0 Å². The molecule has 16 heavy (non-hydrogen) atoms. The van der Waals surface area contributed by atoms with Crippen LogP contribution in [-0.2, 0) is 0 Å². The van der Waals surface area contributed by atoms with E-state index in [1.54, 1.807) is 0 Å². The molecule has 4 bridgehead atoms. The molecule has 0 N–H and O–H groups in total. The number of hydrogen-bond acceptors (Lipinski definition) is 1. The van der Waals surface area contributed by atoms with Crippen molar-refractivity contribution in [3.8, 4) is 6.07 Å². The van der Waals surface area contributed by atoms with E-state index in [1.807, 2.05) is 0 Å². The Hall–Kier alpha value is -0.510. The first-order valence-electron chi connectivity index (χ1n) is 6.92. The maximum absolute atomic E-state index is 9.25. The predicted octanol–water partition coefficient (Wildman–Crippen LogP) is 4.14. The first kappa shape index (κ1) is 10.6. The highest BCUT2D eigenvalue weighted by Crippen LogP contribution is 2.62. The van der Waals surface area contributed by atoms with Gasteiger partial charge in [0.05, 0.1) is 11.5 Å². The molecule has 4 aliphatic rings. The number of nitrogens with zero attached hydrogens (tertiary/aromatic N) is 1. The summed E-state index contributed by atoms with van der Waals surface area (Å²) in [7, 11) is 0. The molecule has 4 saturated carbocycles. The molecule has 0 atom stereocenters. The fourth-order valence-electron chi connectivity index (χ4n) is 5.48. The molecule has 0 saturated heterocycles. The summed E-state index contributed by atoms with van der Waals surface area (Å²) in [6.07, 6.45) is 9.98. The Morgan fingerprint density at radius 2 is 1.50 bits per heavy atom. The summed E-state index contributed by atoms with van der Waals surface area (Å²) in [5.74, 6) is 3.04. The Kier molecular flexibility index (Phi) is 2.16. The second-order valence-electron chi connectivity index (χ2n) is 7.59. The highest BCUT2D eigenvalue weighted by molar-refractivity contribution is 5.06. The third-order valence-corrected chi connectivity index (χ3v) is 5.28. The smallest absolute Gasteiger partial charge is 0.0684 e. The second-order valence-corrected chi connectivity index (χ2v) is 7.59. The molecular formula is C15H23N. The van der Waals surface area contributed by atoms with Gasteiger partial charge >= 0.3 is 0 Å². The van der Waals surface area contributed by atoms with E-state index >= 15 is 0 Å². The van der Waals surface area contributed by atoms with Crippen molar-refractivity contribution >= 4 is 0 Å². The summed E-state index contributed by atoms with van der Waals surface area (Å²) in [5, 5.41) is 9.25. The van der Waals surface area contributed by atoms with Crippen molar-refractivity contribution in [3.05, 3.63) is 0 Å². The summed E-state index contributed by atoms with van der Waals surface area (Å²) < 4.78 is 0. The highest BCUT2D eigenvalue weighted by Gasteiger charge is 2.52. The van der Waals surface area contributed by atoms with Gasteiger partial charge in [-0.3, -0.25) is 0 Å². The zero-order chi connectivity index (χ0) is 11.4. The van der Waals surface area contributed by atoms with Gasteiger partial charge in [-0.05, 0) is 82.0 Å². The van der Waals surface area contributed by atoms with Gasteiger partial charge in [-0.25, -0.2) is 0 Å². The molecule has 0 aliphatic heterocycles. The second kappa shape index (κ2) is 3.25. The minimum absolute atomic E-state index is 0.105. The van der Waals surface area contributed by atoms with Crippen LogP contribution in [0.3, 0.4) is 0 Å². The van der Waals surface area contributed by atoms with Gasteiger partial charge in [-0.2, -0.15) is 5.26 Å². The standard InChI is InChI=1S/C15H23N/c1-14(2,10-16)9-15-6-11-3-12(7-15)5-13(4-11)8-15/h11-13H,3-9H2,1-2H3. The first-order chi connectivity index (χ1) is 7.50. The summed E-state index contributed by atoms with van der Waals surface area (Å²) in [4.78, 5) is 0. The van der Waals surface area contributed by atoms with Crippen LogP contribution in [0, 0.1) is 39.9 Å². The Bertz CT molecular complexity index is 299. The van der Waals surface area contributed by atoms with Gasteiger partial charge in [0.15, 0.2) is 0 Å². The summed E-state index contributed by atoms with van der Waals surface area (Å²) in [6.45, 7) is 4.26. The quantitative estimate of drug-likeness (QED) is 0.682. The van der Waals surface area contributed by atoms with Crippen molar-refractivity contribution < 1.29 is 0 Å². The van der Waals surface area contributed by atoms with E-state index in [9.17, 15) is 5.26 Å². The monoisotopic (exact) mass is 217 g/mol. The lowest BCUT2D eigenvalue weighted by molar-refractivity contribution is -0.0687. The normalized spacial score (nSPS) is 45.7. The molecule has 0 aromatic rings. The molecule has 4 aliphatic carbocycles. The molecule has 4 rings (SSSR count). The van der Waals surface area contributed by atoms with Crippen molar-refractivity contribution in [1.82, 2.24) is 0 Å². The van der Waals surface area contributed by atoms with Gasteiger partial charge in [-0.15, -0.1) is 0 Å². The van der Waals surface area contributed by atoms with Gasteiger partial charge in [-0.1, -0.05) is 0 Å². The van der Waals surface area contributed by atoms with Crippen LogP contribution in [0.2, 0.25) is 0 Å². The summed E-state index contributed by atoms with van der Waals surface area (Å²) >= 11 is 0. The molecule has 0 spiro atoms. The maximum Gasteiger partial charge on any atom is 0.0684 e. The maximum atomic E-state index is 9.25. The largest absolute Gasteiger partial charge is 0.198 e. The minimum Gasteiger partial charge on any atom is -0.198 e. The number of nitriles is 1. The fourth-order valence-corrected chi connectivity index (χ4v) is 5.48. The van der Waals surface area contributed by atoms with Crippen LogP contribution >= 0.6 is 0 Å². The van der Waals surface area contributed by atoms with E-state index in [4.69, 9.17) is 0 Å². The molecule has 0 amide bonds. The van der Waals surface area contributed by atoms with Crippen LogP contribution in [0.15, 0.2) is 0 Å². The molecule has 1 heteroatoms. The zero-order valence-electron chi connectivity index (χ0n) is 10.6. The lowest BCUT2D eigenvalue weighted by atomic mass is 9.47. The molecule has 4 fully saturated rings. The number of hydrogen-bond donors (Lipinski definition) is 0. The topological polar surface area (TPSA) is 23.8 Å². The van der Waals surface area contributed by atoms with Crippen LogP contribution < -0.4 is 0 Å². The molecule has 0 unspecified atom stereocenters. The van der Waals surface area contributed by atoms with E-state index in [0.29, 0.717) is 5.41 Å². The Balaban J connectivity index is 1.81. The molecule has 0 aromatic heterocycles. The van der Waals surface area contributed by atoms with Gasteiger partial charge in [0.1, 0.15) is 0 Å². The molecule has 88 valence electrons. The van der Waals surface area contributed by atoms with Crippen LogP contribution in [-0.4, -0.2) is 0 Å². The summed E-state index contributed by atoms with van der Waals surface area (Å²) in [6, 6.07) is 2.52. The van der Waals surface area contributed by atoms with Crippen molar-refractivity contribution in [2.24, 2.45) is 28.6 Å². The van der Waals surface area contributed by atoms with Crippen molar-refractivity contribution in [2.45, 2.75) is 58.8 Å². The highest BCUT2D eigenvalue weighted by atomic mass is 14.6. The average Bonchev–Trinajstić information content (AvgIpc) is 2.13. The van der Waals surface area contributed by atoms with Crippen LogP contribution in [0.5, 0.6) is 0 Å². The van der Waals surface area contributed by atoms with E-state index in [0.717, 1.165) is 24.2 Å². The van der Waals surface area contributed by atoms with E-state index in [-0.39, 0.29) is 5.41 Å². The van der Waals surface area contributed by atoms with Crippen LogP contribution in [0.4, 0.5) is 0 Å². The molecule has 0 aromatic carbocycles. The van der Waals surface area contributed by atoms with Gasteiger partial charge in [0.2, 0.25) is 0 Å². The number of rotatable bonds is 2. The Morgan fingerprint density at radius 1 is 1.06 bits per heavy atom. The first-order valence-corrected chi connectivity index (χ1v) is 6.92. The summed E-state index contributed by atoms with van der Waals surface area (Å²) in [5.41, 5.74) is 0.458. The lowest BCUT2D eigenvalue weighted by Gasteiger charge is -2.58.